The minimum absolute atomic E-state index is 0.123. The third-order valence-electron chi connectivity index (χ3n) is 3.76. The van der Waals surface area contributed by atoms with Gasteiger partial charge in [-0.3, -0.25) is 0 Å². The lowest BCUT2D eigenvalue weighted by atomic mass is 10.1. The maximum absolute atomic E-state index is 9.91. The molecule has 0 fully saturated rings. The van der Waals surface area contributed by atoms with E-state index in [4.69, 9.17) is 9.47 Å². The summed E-state index contributed by atoms with van der Waals surface area (Å²) in [6.07, 6.45) is 0. The average Bonchev–Trinajstić information content (AvgIpc) is 2.49. The van der Waals surface area contributed by atoms with E-state index < -0.39 is 0 Å². The van der Waals surface area contributed by atoms with Crippen LogP contribution in [0.2, 0.25) is 0 Å². The van der Waals surface area contributed by atoms with Crippen LogP contribution < -0.4 is 14.4 Å². The fourth-order valence-electron chi connectivity index (χ4n) is 2.25. The van der Waals surface area contributed by atoms with Gasteiger partial charge in [0.15, 0.2) is 11.5 Å². The van der Waals surface area contributed by atoms with Crippen molar-refractivity contribution in [2.75, 3.05) is 26.2 Å². The predicted molar refractivity (Wildman–Crippen MR) is 85.2 cm³/mol. The molecule has 0 amide bonds. The van der Waals surface area contributed by atoms with E-state index >= 15 is 0 Å². The lowest BCUT2D eigenvalue weighted by molar-refractivity contribution is 0.373. The number of phenolic OH excluding ortho intramolecular Hbond substituents is 1. The van der Waals surface area contributed by atoms with Crippen LogP contribution in [0.25, 0.3) is 0 Å². The molecule has 0 saturated heterocycles. The molecule has 0 aromatic heterocycles. The van der Waals surface area contributed by atoms with Crippen LogP contribution in [0.1, 0.15) is 11.1 Å². The number of methoxy groups -OCH3 is 2. The Morgan fingerprint density at radius 3 is 2.14 bits per heavy atom. The van der Waals surface area contributed by atoms with Gasteiger partial charge in [0, 0.05) is 30.6 Å². The van der Waals surface area contributed by atoms with Gasteiger partial charge in [-0.2, -0.15) is 0 Å². The van der Waals surface area contributed by atoms with Crippen LogP contribution in [-0.4, -0.2) is 26.4 Å². The van der Waals surface area contributed by atoms with Crippen molar-refractivity contribution >= 4 is 11.4 Å². The monoisotopic (exact) mass is 287 g/mol. The smallest absolute Gasteiger partial charge is 0.160 e. The number of ether oxygens (including phenoxy) is 2. The number of aryl methyl sites for hydroxylation is 1. The minimum Gasteiger partial charge on any atom is -0.504 e. The highest BCUT2D eigenvalue weighted by molar-refractivity contribution is 5.68. The molecule has 2 aromatic rings. The summed E-state index contributed by atoms with van der Waals surface area (Å²) in [6, 6.07) is 9.42. The quantitative estimate of drug-likeness (QED) is 0.929. The summed E-state index contributed by atoms with van der Waals surface area (Å²) in [5.74, 6) is 1.44. The van der Waals surface area contributed by atoms with Gasteiger partial charge in [-0.05, 0) is 43.2 Å². The molecule has 112 valence electrons. The zero-order valence-electron chi connectivity index (χ0n) is 13.1. The Labute approximate surface area is 125 Å². The van der Waals surface area contributed by atoms with Crippen molar-refractivity contribution in [2.24, 2.45) is 0 Å². The SMILES string of the molecule is COc1ccc(N(C)c2cc(C)c(C)c(OC)c2)cc1O. The lowest BCUT2D eigenvalue weighted by Gasteiger charge is -2.22. The van der Waals surface area contributed by atoms with Crippen molar-refractivity contribution in [3.63, 3.8) is 0 Å². The van der Waals surface area contributed by atoms with Crippen molar-refractivity contribution in [1.82, 2.24) is 0 Å². The number of hydrogen-bond acceptors (Lipinski definition) is 4. The average molecular weight is 287 g/mol. The van der Waals surface area contributed by atoms with E-state index in [-0.39, 0.29) is 5.75 Å². The number of benzene rings is 2. The number of phenols is 1. The molecule has 0 heterocycles. The van der Waals surface area contributed by atoms with Gasteiger partial charge in [0.05, 0.1) is 14.2 Å². The van der Waals surface area contributed by atoms with Gasteiger partial charge in [-0.25, -0.2) is 0 Å². The van der Waals surface area contributed by atoms with Crippen molar-refractivity contribution < 1.29 is 14.6 Å². The molecule has 2 aromatic carbocycles. The van der Waals surface area contributed by atoms with E-state index in [2.05, 4.69) is 13.0 Å². The Bertz CT molecular complexity index is 653. The number of nitrogens with zero attached hydrogens (tertiary/aromatic N) is 1. The van der Waals surface area contributed by atoms with E-state index in [0.717, 1.165) is 28.3 Å². The minimum atomic E-state index is 0.123. The standard InChI is InChI=1S/C17H21NO3/c1-11-8-14(10-17(21-5)12(11)2)18(3)13-6-7-16(20-4)15(19)9-13/h6-10,19H,1-5H3. The van der Waals surface area contributed by atoms with E-state index in [1.54, 1.807) is 19.2 Å². The Kier molecular flexibility index (Phi) is 4.26. The molecule has 0 aliphatic heterocycles. The first-order chi connectivity index (χ1) is 9.97. The molecular weight excluding hydrogens is 266 g/mol. The Morgan fingerprint density at radius 2 is 1.57 bits per heavy atom. The molecule has 21 heavy (non-hydrogen) atoms. The Hall–Kier alpha value is -2.36. The summed E-state index contributed by atoms with van der Waals surface area (Å²) >= 11 is 0. The number of anilines is 2. The van der Waals surface area contributed by atoms with Gasteiger partial charge in [0.25, 0.3) is 0 Å². The third-order valence-corrected chi connectivity index (χ3v) is 3.76. The largest absolute Gasteiger partial charge is 0.504 e. The molecule has 0 bridgehead atoms. The summed E-state index contributed by atoms with van der Waals surface area (Å²) in [6.45, 7) is 4.10. The summed E-state index contributed by atoms with van der Waals surface area (Å²) < 4.78 is 10.5. The molecule has 0 aliphatic carbocycles. The van der Waals surface area contributed by atoms with Crippen molar-refractivity contribution in [3.8, 4) is 17.2 Å². The highest BCUT2D eigenvalue weighted by atomic mass is 16.5. The molecule has 0 saturated carbocycles. The Morgan fingerprint density at radius 1 is 0.905 bits per heavy atom. The third kappa shape index (κ3) is 2.89. The molecule has 0 unspecified atom stereocenters. The van der Waals surface area contributed by atoms with Gasteiger partial charge in [0.2, 0.25) is 0 Å². The summed E-state index contributed by atoms with van der Waals surface area (Å²) in [7, 11) is 5.15. The van der Waals surface area contributed by atoms with Crippen LogP contribution >= 0.6 is 0 Å². The van der Waals surface area contributed by atoms with Gasteiger partial charge in [0.1, 0.15) is 5.75 Å². The van der Waals surface area contributed by atoms with Crippen LogP contribution in [0, 0.1) is 13.8 Å². The van der Waals surface area contributed by atoms with Crippen LogP contribution in [0.3, 0.4) is 0 Å². The normalized spacial score (nSPS) is 10.3. The molecule has 0 radical (unpaired) electrons. The topological polar surface area (TPSA) is 41.9 Å². The molecule has 1 N–H and O–H groups in total. The molecule has 2 rings (SSSR count). The molecule has 4 heteroatoms. The van der Waals surface area contributed by atoms with Gasteiger partial charge in [-0.1, -0.05) is 0 Å². The van der Waals surface area contributed by atoms with E-state index in [1.807, 2.05) is 31.0 Å². The van der Waals surface area contributed by atoms with E-state index in [0.29, 0.717) is 5.75 Å². The van der Waals surface area contributed by atoms with Crippen molar-refractivity contribution in [2.45, 2.75) is 13.8 Å². The Balaban J connectivity index is 2.42. The van der Waals surface area contributed by atoms with Gasteiger partial charge in [-0.15, -0.1) is 0 Å². The molecule has 4 nitrogen and oxygen atoms in total. The van der Waals surface area contributed by atoms with Crippen molar-refractivity contribution in [3.05, 3.63) is 41.5 Å². The van der Waals surface area contributed by atoms with Crippen LogP contribution in [-0.2, 0) is 0 Å². The molecular formula is C17H21NO3. The van der Waals surface area contributed by atoms with Crippen LogP contribution in [0.5, 0.6) is 17.2 Å². The maximum Gasteiger partial charge on any atom is 0.160 e. The first-order valence-electron chi connectivity index (χ1n) is 6.74. The predicted octanol–water partition coefficient (Wildman–Crippen LogP) is 3.79. The molecule has 0 spiro atoms. The van der Waals surface area contributed by atoms with Gasteiger partial charge >= 0.3 is 0 Å². The van der Waals surface area contributed by atoms with E-state index in [1.165, 1.54) is 7.11 Å². The zero-order chi connectivity index (χ0) is 15.6. The van der Waals surface area contributed by atoms with Crippen LogP contribution in [0.15, 0.2) is 30.3 Å². The number of aromatic hydroxyl groups is 1. The summed E-state index contributed by atoms with van der Waals surface area (Å²) in [4.78, 5) is 1.99. The maximum atomic E-state index is 9.91. The fourth-order valence-corrected chi connectivity index (χ4v) is 2.25. The second-order valence-electron chi connectivity index (χ2n) is 5.01. The lowest BCUT2D eigenvalue weighted by Crippen LogP contribution is -2.10. The summed E-state index contributed by atoms with van der Waals surface area (Å²) in [5, 5.41) is 9.91. The zero-order valence-corrected chi connectivity index (χ0v) is 13.1. The number of rotatable bonds is 4. The van der Waals surface area contributed by atoms with Gasteiger partial charge < -0.3 is 19.5 Å². The highest BCUT2D eigenvalue weighted by Crippen LogP contribution is 2.35. The second-order valence-corrected chi connectivity index (χ2v) is 5.01. The van der Waals surface area contributed by atoms with Crippen molar-refractivity contribution in [1.29, 1.82) is 0 Å². The first kappa shape index (κ1) is 15.0. The van der Waals surface area contributed by atoms with E-state index in [9.17, 15) is 5.11 Å². The highest BCUT2D eigenvalue weighted by Gasteiger charge is 2.11. The second kappa shape index (κ2) is 5.95. The molecule has 0 atom stereocenters. The molecule has 0 aliphatic rings. The van der Waals surface area contributed by atoms with Crippen LogP contribution in [0.4, 0.5) is 11.4 Å². The first-order valence-corrected chi connectivity index (χ1v) is 6.74. The number of hydrogen-bond donors (Lipinski definition) is 1. The fraction of sp³-hybridized carbons (Fsp3) is 0.294. The summed E-state index contributed by atoms with van der Waals surface area (Å²) in [5.41, 5.74) is 4.17.